The summed E-state index contributed by atoms with van der Waals surface area (Å²) in [7, 11) is 0. The van der Waals surface area contributed by atoms with E-state index in [1.807, 2.05) is 25.1 Å². The molecule has 0 aliphatic carbocycles. The predicted octanol–water partition coefficient (Wildman–Crippen LogP) is 2.18. The number of nitrogens with zero attached hydrogens (tertiary/aromatic N) is 1. The van der Waals surface area contributed by atoms with Gasteiger partial charge in [0.15, 0.2) is 5.96 Å². The Bertz CT molecular complexity index is 586. The number of hydrogen-bond acceptors (Lipinski definition) is 4. The van der Waals surface area contributed by atoms with Crippen molar-refractivity contribution in [3.05, 3.63) is 35.6 Å². The lowest BCUT2D eigenvalue weighted by Gasteiger charge is -2.15. The van der Waals surface area contributed by atoms with E-state index in [0.717, 1.165) is 43.4 Å². The molecule has 1 aliphatic heterocycles. The minimum absolute atomic E-state index is 0.745. The second-order valence-electron chi connectivity index (χ2n) is 4.50. The Hall–Kier alpha value is -1.97. The molecule has 2 aromatic rings. The van der Waals surface area contributed by atoms with Crippen molar-refractivity contribution in [3.8, 4) is 0 Å². The summed E-state index contributed by atoms with van der Waals surface area (Å²) in [6.07, 6.45) is 1.11. The molecule has 0 radical (unpaired) electrons. The van der Waals surface area contributed by atoms with Crippen LogP contribution in [0.5, 0.6) is 0 Å². The number of para-hydroxylation sites is 1. The van der Waals surface area contributed by atoms with Crippen LogP contribution in [-0.2, 0) is 6.54 Å². The number of nitrogens with one attached hydrogen (secondary N) is 2. The molecule has 2 heterocycles. The highest BCUT2D eigenvalue weighted by Gasteiger charge is 2.11. The lowest BCUT2D eigenvalue weighted by Crippen LogP contribution is -2.40. The lowest BCUT2D eigenvalue weighted by molar-refractivity contribution is 0.570. The van der Waals surface area contributed by atoms with E-state index >= 15 is 0 Å². The van der Waals surface area contributed by atoms with Crippen LogP contribution in [0.15, 0.2) is 33.7 Å². The molecular weight excluding hydrogens is 226 g/mol. The third-order valence-electron chi connectivity index (χ3n) is 3.23. The Kier molecular flexibility index (Phi) is 2.92. The number of rotatable bonds is 2. The summed E-state index contributed by atoms with van der Waals surface area (Å²) in [5, 5.41) is 7.77. The Morgan fingerprint density at radius 1 is 1.39 bits per heavy atom. The van der Waals surface area contributed by atoms with Crippen LogP contribution in [-0.4, -0.2) is 19.0 Å². The summed E-state index contributed by atoms with van der Waals surface area (Å²) in [5.41, 5.74) is 2.16. The van der Waals surface area contributed by atoms with Crippen molar-refractivity contribution in [1.82, 2.24) is 10.6 Å². The molecule has 0 bridgehead atoms. The molecule has 1 aromatic carbocycles. The first-order chi connectivity index (χ1) is 8.84. The largest absolute Gasteiger partial charge is 0.461 e. The average Bonchev–Trinajstić information content (AvgIpc) is 2.73. The molecule has 2 N–H and O–H groups in total. The van der Waals surface area contributed by atoms with E-state index in [2.05, 4.69) is 21.7 Å². The molecule has 0 saturated heterocycles. The standard InChI is InChI=1S/C14H17N3O/c1-10-12(9-17-14-15-7-4-8-16-14)11-5-2-3-6-13(11)18-10/h2-3,5-6H,4,7-9H2,1H3,(H2,15,16,17). The highest BCUT2D eigenvalue weighted by atomic mass is 16.3. The summed E-state index contributed by atoms with van der Waals surface area (Å²) in [5.74, 6) is 1.87. The molecule has 0 atom stereocenters. The summed E-state index contributed by atoms with van der Waals surface area (Å²) >= 11 is 0. The number of benzene rings is 1. The fraction of sp³-hybridized carbons (Fsp3) is 0.357. The first-order valence-electron chi connectivity index (χ1n) is 6.34. The van der Waals surface area contributed by atoms with Crippen LogP contribution >= 0.6 is 0 Å². The van der Waals surface area contributed by atoms with Crippen LogP contribution in [0.3, 0.4) is 0 Å². The number of hydrogen-bond donors (Lipinski definition) is 2. The van der Waals surface area contributed by atoms with Gasteiger partial charge >= 0.3 is 0 Å². The van der Waals surface area contributed by atoms with Crippen molar-refractivity contribution in [2.45, 2.75) is 19.9 Å². The highest BCUT2D eigenvalue weighted by Crippen LogP contribution is 2.24. The topological polar surface area (TPSA) is 49.6 Å². The Morgan fingerprint density at radius 2 is 2.28 bits per heavy atom. The molecule has 4 heteroatoms. The summed E-state index contributed by atoms with van der Waals surface area (Å²) in [6, 6.07) is 8.13. The number of guanidine groups is 1. The van der Waals surface area contributed by atoms with Gasteiger partial charge in [0.25, 0.3) is 0 Å². The second kappa shape index (κ2) is 4.72. The summed E-state index contributed by atoms with van der Waals surface area (Å²) in [4.78, 5) is 4.40. The fourth-order valence-corrected chi connectivity index (χ4v) is 2.26. The SMILES string of the molecule is Cc1oc2ccccc2c1CNC1=NCCCN1. The molecule has 4 nitrogen and oxygen atoms in total. The van der Waals surface area contributed by atoms with Gasteiger partial charge in [-0.3, -0.25) is 4.99 Å². The van der Waals surface area contributed by atoms with Crippen LogP contribution in [0.25, 0.3) is 11.0 Å². The van der Waals surface area contributed by atoms with Gasteiger partial charge in [-0.25, -0.2) is 0 Å². The molecule has 0 fully saturated rings. The van der Waals surface area contributed by atoms with E-state index in [0.29, 0.717) is 0 Å². The van der Waals surface area contributed by atoms with E-state index in [1.165, 1.54) is 10.9 Å². The van der Waals surface area contributed by atoms with E-state index in [-0.39, 0.29) is 0 Å². The minimum Gasteiger partial charge on any atom is -0.461 e. The maximum Gasteiger partial charge on any atom is 0.191 e. The van der Waals surface area contributed by atoms with Crippen molar-refractivity contribution in [1.29, 1.82) is 0 Å². The van der Waals surface area contributed by atoms with Crippen molar-refractivity contribution < 1.29 is 4.42 Å². The van der Waals surface area contributed by atoms with Crippen LogP contribution in [0, 0.1) is 6.92 Å². The van der Waals surface area contributed by atoms with Crippen molar-refractivity contribution in [3.63, 3.8) is 0 Å². The van der Waals surface area contributed by atoms with Gasteiger partial charge in [0.1, 0.15) is 11.3 Å². The third-order valence-corrected chi connectivity index (χ3v) is 3.23. The van der Waals surface area contributed by atoms with E-state index in [9.17, 15) is 0 Å². The van der Waals surface area contributed by atoms with Gasteiger partial charge in [0, 0.05) is 30.6 Å². The molecule has 18 heavy (non-hydrogen) atoms. The first kappa shape index (κ1) is 11.1. The second-order valence-corrected chi connectivity index (χ2v) is 4.50. The molecular formula is C14H17N3O. The zero-order valence-electron chi connectivity index (χ0n) is 10.5. The molecule has 94 valence electrons. The third kappa shape index (κ3) is 2.06. The van der Waals surface area contributed by atoms with Gasteiger partial charge in [-0.05, 0) is 19.4 Å². The quantitative estimate of drug-likeness (QED) is 0.850. The molecule has 0 unspecified atom stereocenters. The first-order valence-corrected chi connectivity index (χ1v) is 6.34. The maximum atomic E-state index is 5.74. The van der Waals surface area contributed by atoms with Gasteiger partial charge in [0.2, 0.25) is 0 Å². The lowest BCUT2D eigenvalue weighted by atomic mass is 10.1. The Balaban J connectivity index is 1.81. The monoisotopic (exact) mass is 243 g/mol. The number of fused-ring (bicyclic) bond motifs is 1. The van der Waals surface area contributed by atoms with Crippen LogP contribution < -0.4 is 10.6 Å². The molecule has 0 amide bonds. The van der Waals surface area contributed by atoms with Gasteiger partial charge in [-0.2, -0.15) is 0 Å². The van der Waals surface area contributed by atoms with Crippen molar-refractivity contribution >= 4 is 16.9 Å². The van der Waals surface area contributed by atoms with Crippen LogP contribution in [0.1, 0.15) is 17.7 Å². The fourth-order valence-electron chi connectivity index (χ4n) is 2.26. The smallest absolute Gasteiger partial charge is 0.191 e. The summed E-state index contributed by atoms with van der Waals surface area (Å²) < 4.78 is 5.74. The average molecular weight is 243 g/mol. The van der Waals surface area contributed by atoms with Gasteiger partial charge in [-0.1, -0.05) is 18.2 Å². The molecule has 1 aliphatic rings. The van der Waals surface area contributed by atoms with Gasteiger partial charge in [-0.15, -0.1) is 0 Å². The highest BCUT2D eigenvalue weighted by molar-refractivity contribution is 5.84. The van der Waals surface area contributed by atoms with E-state index < -0.39 is 0 Å². The van der Waals surface area contributed by atoms with Crippen molar-refractivity contribution in [2.75, 3.05) is 13.1 Å². The van der Waals surface area contributed by atoms with Gasteiger partial charge in [0.05, 0.1) is 0 Å². The van der Waals surface area contributed by atoms with E-state index in [4.69, 9.17) is 4.42 Å². The number of aliphatic imine (C=N–C) groups is 1. The zero-order valence-corrected chi connectivity index (χ0v) is 10.5. The summed E-state index contributed by atoms with van der Waals surface area (Å²) in [6.45, 7) is 4.65. The Labute approximate surface area is 106 Å². The zero-order chi connectivity index (χ0) is 12.4. The number of furan rings is 1. The van der Waals surface area contributed by atoms with E-state index in [1.54, 1.807) is 0 Å². The normalized spacial score (nSPS) is 15.3. The molecule has 1 aromatic heterocycles. The van der Waals surface area contributed by atoms with Crippen molar-refractivity contribution in [2.24, 2.45) is 4.99 Å². The molecule has 0 saturated carbocycles. The van der Waals surface area contributed by atoms with Crippen LogP contribution in [0.4, 0.5) is 0 Å². The molecule has 3 rings (SSSR count). The Morgan fingerprint density at radius 3 is 3.11 bits per heavy atom. The van der Waals surface area contributed by atoms with Gasteiger partial charge < -0.3 is 15.1 Å². The number of aryl methyl sites for hydroxylation is 1. The maximum absolute atomic E-state index is 5.74. The minimum atomic E-state index is 0.745. The van der Waals surface area contributed by atoms with Crippen LogP contribution in [0.2, 0.25) is 0 Å². The molecule has 0 spiro atoms. The predicted molar refractivity (Wildman–Crippen MR) is 72.7 cm³/mol.